The number of nitrogens with zero attached hydrogens (tertiary/aromatic N) is 1. The highest BCUT2D eigenvalue weighted by Crippen LogP contribution is 2.03. The first kappa shape index (κ1) is 12.8. The van der Waals surface area contributed by atoms with Crippen LogP contribution in [0.2, 0.25) is 0 Å². The summed E-state index contributed by atoms with van der Waals surface area (Å²) in [5, 5.41) is 4.56. The predicted octanol–water partition coefficient (Wildman–Crippen LogP) is -0.195. The molecule has 0 aliphatic carbocycles. The van der Waals surface area contributed by atoms with Gasteiger partial charge in [-0.3, -0.25) is 5.84 Å². The average molecular weight is 192 g/mol. The molecule has 0 aromatic heterocycles. The van der Waals surface area contributed by atoms with Crippen LogP contribution in [0.1, 0.15) is 19.8 Å². The zero-order chi connectivity index (χ0) is 10.3. The molecule has 0 heterocycles. The minimum atomic E-state index is -0.833. The van der Waals surface area contributed by atoms with Crippen LogP contribution in [0.3, 0.4) is 0 Å². The van der Waals surface area contributed by atoms with E-state index in [0.29, 0.717) is 25.9 Å². The normalized spacial score (nSPS) is 16.2. The zero-order valence-electron chi connectivity index (χ0n) is 8.46. The molecule has 0 saturated heterocycles. The monoisotopic (exact) mass is 192 g/mol. The van der Waals surface area contributed by atoms with Gasteiger partial charge >= 0.3 is 0 Å². The topological polar surface area (TPSA) is 67.3 Å². The number of halogens is 1. The van der Waals surface area contributed by atoms with Gasteiger partial charge in [-0.1, -0.05) is 0 Å². The van der Waals surface area contributed by atoms with E-state index < -0.39 is 6.17 Å². The van der Waals surface area contributed by atoms with E-state index in [4.69, 9.17) is 11.6 Å². The highest BCUT2D eigenvalue weighted by atomic mass is 19.1. The van der Waals surface area contributed by atoms with Gasteiger partial charge in [-0.2, -0.15) is 0 Å². The van der Waals surface area contributed by atoms with Gasteiger partial charge in [0.05, 0.1) is 6.17 Å². The van der Waals surface area contributed by atoms with E-state index in [1.807, 2.05) is 14.0 Å². The number of nitrogens with two attached hydrogens (primary N) is 2. The van der Waals surface area contributed by atoms with Crippen LogP contribution < -0.4 is 16.9 Å². The first-order chi connectivity index (χ1) is 6.11. The molecule has 0 fully saturated rings. The van der Waals surface area contributed by atoms with Gasteiger partial charge in [-0.05, 0) is 33.4 Å². The Morgan fingerprint density at radius 1 is 1.46 bits per heavy atom. The van der Waals surface area contributed by atoms with Gasteiger partial charge in [0.2, 0.25) is 0 Å². The van der Waals surface area contributed by atoms with Crippen LogP contribution in [-0.2, 0) is 0 Å². The van der Waals surface area contributed by atoms with E-state index >= 15 is 0 Å². The first-order valence-corrected chi connectivity index (χ1v) is 4.64. The number of hydrogen-bond acceptors (Lipinski definition) is 4. The molecule has 13 heavy (non-hydrogen) atoms. The molecule has 4 nitrogen and oxygen atoms in total. The van der Waals surface area contributed by atoms with Crippen molar-refractivity contribution in [3.05, 3.63) is 0 Å². The molecule has 0 aliphatic rings. The van der Waals surface area contributed by atoms with Crippen molar-refractivity contribution in [2.24, 2.45) is 11.6 Å². The number of hydrazine groups is 1. The third kappa shape index (κ3) is 5.93. The molecule has 80 valence electrons. The van der Waals surface area contributed by atoms with E-state index in [-0.39, 0.29) is 6.17 Å². The van der Waals surface area contributed by atoms with Crippen LogP contribution >= 0.6 is 0 Å². The Bertz CT molecular complexity index is 123. The largest absolute Gasteiger partial charge is 0.330 e. The van der Waals surface area contributed by atoms with Gasteiger partial charge in [-0.15, -0.1) is 0 Å². The second-order valence-electron chi connectivity index (χ2n) is 3.17. The summed E-state index contributed by atoms with van der Waals surface area (Å²) in [5.74, 6) is 5.65. The van der Waals surface area contributed by atoms with Gasteiger partial charge in [0.15, 0.2) is 0 Å². The highest BCUT2D eigenvalue weighted by molar-refractivity contribution is 4.62. The first-order valence-electron chi connectivity index (χ1n) is 4.64. The number of nitrogens with one attached hydrogen (secondary N) is 1. The third-order valence-corrected chi connectivity index (χ3v) is 2.10. The van der Waals surface area contributed by atoms with Gasteiger partial charge in [-0.25, -0.2) is 9.40 Å². The maximum absolute atomic E-state index is 12.9. The fourth-order valence-corrected chi connectivity index (χ4v) is 0.974. The molecule has 0 radical (unpaired) electrons. The molecular weight excluding hydrogens is 171 g/mol. The van der Waals surface area contributed by atoms with E-state index in [0.717, 1.165) is 0 Å². The van der Waals surface area contributed by atoms with Crippen LogP contribution in [0.15, 0.2) is 0 Å². The number of hydrogen-bond donors (Lipinski definition) is 3. The molecule has 1 unspecified atom stereocenters. The maximum Gasteiger partial charge on any atom is 0.103 e. The third-order valence-electron chi connectivity index (χ3n) is 2.10. The summed E-state index contributed by atoms with van der Waals surface area (Å²) in [6, 6.07) is 0. The molecular formula is C8H21FN4. The molecule has 2 atom stereocenters. The van der Waals surface area contributed by atoms with Crippen molar-refractivity contribution in [2.75, 3.05) is 20.1 Å². The quantitative estimate of drug-likeness (QED) is 0.297. The van der Waals surface area contributed by atoms with Crippen molar-refractivity contribution in [2.45, 2.75) is 32.1 Å². The standard InChI is InChI=1S/C8H21FN4/c1-7(12-2)13(11)6-4-8(9)3-5-10/h7-8,12H,3-6,10-11H2,1-2H3/t7-,8?/m0/s1. The summed E-state index contributed by atoms with van der Waals surface area (Å²) >= 11 is 0. The Morgan fingerprint density at radius 3 is 2.54 bits per heavy atom. The van der Waals surface area contributed by atoms with Crippen molar-refractivity contribution in [1.82, 2.24) is 10.3 Å². The van der Waals surface area contributed by atoms with E-state index in [1.54, 1.807) is 5.01 Å². The summed E-state index contributed by atoms with van der Waals surface area (Å²) in [6.45, 7) is 2.87. The lowest BCUT2D eigenvalue weighted by atomic mass is 10.2. The van der Waals surface area contributed by atoms with Crippen molar-refractivity contribution >= 4 is 0 Å². The Morgan fingerprint density at radius 2 is 2.08 bits per heavy atom. The minimum Gasteiger partial charge on any atom is -0.330 e. The smallest absolute Gasteiger partial charge is 0.103 e. The molecule has 0 rings (SSSR count). The van der Waals surface area contributed by atoms with Crippen LogP contribution in [0.4, 0.5) is 4.39 Å². The summed E-state index contributed by atoms with van der Waals surface area (Å²) < 4.78 is 12.9. The van der Waals surface area contributed by atoms with Crippen LogP contribution in [0, 0.1) is 0 Å². The number of alkyl halides is 1. The Hall–Kier alpha value is -0.230. The molecule has 5 N–H and O–H groups in total. The molecule has 0 aromatic carbocycles. The second-order valence-corrected chi connectivity index (χ2v) is 3.17. The summed E-state index contributed by atoms with van der Waals surface area (Å²) in [7, 11) is 1.82. The fraction of sp³-hybridized carbons (Fsp3) is 1.00. The van der Waals surface area contributed by atoms with Gasteiger partial charge in [0, 0.05) is 6.54 Å². The second kappa shape index (κ2) is 7.20. The van der Waals surface area contributed by atoms with Crippen molar-refractivity contribution in [1.29, 1.82) is 0 Å². The Kier molecular flexibility index (Phi) is 7.07. The molecule has 0 amide bonds. The van der Waals surface area contributed by atoms with E-state index in [2.05, 4.69) is 5.32 Å². The van der Waals surface area contributed by atoms with Gasteiger partial charge in [0.25, 0.3) is 0 Å². The van der Waals surface area contributed by atoms with Gasteiger partial charge in [0.1, 0.15) is 6.17 Å². The summed E-state index contributed by atoms with van der Waals surface area (Å²) in [6.07, 6.45) is 0.104. The number of rotatable bonds is 7. The van der Waals surface area contributed by atoms with E-state index in [9.17, 15) is 4.39 Å². The summed E-state index contributed by atoms with van der Waals surface area (Å²) in [4.78, 5) is 0. The van der Waals surface area contributed by atoms with Crippen molar-refractivity contribution in [3.63, 3.8) is 0 Å². The average Bonchev–Trinajstić information content (AvgIpc) is 2.13. The zero-order valence-corrected chi connectivity index (χ0v) is 8.46. The Labute approximate surface area is 79.4 Å². The Balaban J connectivity index is 3.50. The lowest BCUT2D eigenvalue weighted by Crippen LogP contribution is -2.47. The van der Waals surface area contributed by atoms with Crippen LogP contribution in [0.25, 0.3) is 0 Å². The molecule has 0 aromatic rings. The molecule has 0 aliphatic heterocycles. The SMILES string of the molecule is CN[C@H](C)N(N)CCC(F)CCN. The minimum absolute atomic E-state index is 0.0741. The molecule has 0 bridgehead atoms. The van der Waals surface area contributed by atoms with E-state index in [1.165, 1.54) is 0 Å². The maximum atomic E-state index is 12.9. The lowest BCUT2D eigenvalue weighted by molar-refractivity contribution is 0.163. The van der Waals surface area contributed by atoms with Crippen molar-refractivity contribution < 1.29 is 4.39 Å². The van der Waals surface area contributed by atoms with Gasteiger partial charge < -0.3 is 11.1 Å². The van der Waals surface area contributed by atoms with Crippen molar-refractivity contribution in [3.8, 4) is 0 Å². The highest BCUT2D eigenvalue weighted by Gasteiger charge is 2.10. The molecule has 5 heteroatoms. The fourth-order valence-electron chi connectivity index (χ4n) is 0.974. The molecule has 0 saturated carbocycles. The molecule has 0 spiro atoms. The lowest BCUT2D eigenvalue weighted by Gasteiger charge is -2.23. The van der Waals surface area contributed by atoms with Crippen LogP contribution in [-0.4, -0.2) is 37.5 Å². The predicted molar refractivity (Wildman–Crippen MR) is 52.6 cm³/mol. The summed E-state index contributed by atoms with van der Waals surface area (Å²) in [5.41, 5.74) is 5.22. The van der Waals surface area contributed by atoms with Crippen LogP contribution in [0.5, 0.6) is 0 Å².